The van der Waals surface area contributed by atoms with Gasteiger partial charge in [0.25, 0.3) is 5.91 Å². The van der Waals surface area contributed by atoms with E-state index in [-0.39, 0.29) is 18.1 Å². The van der Waals surface area contributed by atoms with Crippen LogP contribution in [-0.2, 0) is 4.79 Å². The first kappa shape index (κ1) is 20.2. The van der Waals surface area contributed by atoms with E-state index in [4.69, 9.17) is 4.74 Å². The maximum atomic E-state index is 13.2. The third-order valence-electron chi connectivity index (χ3n) is 6.78. The quantitative estimate of drug-likeness (QED) is 0.606. The summed E-state index contributed by atoms with van der Waals surface area (Å²) in [5, 5.41) is 2.08. The highest BCUT2D eigenvalue weighted by molar-refractivity contribution is 7.17. The Kier molecular flexibility index (Phi) is 5.52. The number of thiophene rings is 1. The normalized spacial score (nSPS) is 21.6. The van der Waals surface area contributed by atoms with Crippen LogP contribution in [0, 0.1) is 6.92 Å². The number of ether oxygens (including phenoxy) is 1. The van der Waals surface area contributed by atoms with E-state index < -0.39 is 0 Å². The van der Waals surface area contributed by atoms with Crippen LogP contribution in [0.15, 0.2) is 42.0 Å². The minimum Gasteiger partial charge on any atom is -0.484 e. The van der Waals surface area contributed by atoms with Crippen LogP contribution in [0.5, 0.6) is 5.75 Å². The van der Waals surface area contributed by atoms with Crippen LogP contribution in [0.3, 0.4) is 0 Å². The van der Waals surface area contributed by atoms with Crippen LogP contribution in [0.25, 0.3) is 10.2 Å². The number of fused-ring (bicyclic) bond motifs is 1. The molecule has 0 unspecified atom stereocenters. The summed E-state index contributed by atoms with van der Waals surface area (Å²) < 4.78 is 7.05. The van der Waals surface area contributed by atoms with Crippen LogP contribution in [-0.4, -0.2) is 52.6 Å². The van der Waals surface area contributed by atoms with E-state index in [9.17, 15) is 4.79 Å². The molecule has 0 saturated carbocycles. The average Bonchev–Trinajstić information content (AvgIpc) is 3.37. The van der Waals surface area contributed by atoms with Crippen molar-refractivity contribution in [3.8, 4) is 5.75 Å². The van der Waals surface area contributed by atoms with E-state index in [0.29, 0.717) is 0 Å². The molecule has 7 heteroatoms. The zero-order chi connectivity index (χ0) is 21.3. The van der Waals surface area contributed by atoms with Crippen LogP contribution >= 0.6 is 11.3 Å². The summed E-state index contributed by atoms with van der Waals surface area (Å²) in [6.07, 6.45) is 6.88. The molecule has 1 spiro atoms. The standard InChI is InChI=1S/C24H28N4O2S/c1-18-6-2-3-7-20(18)30-16-21(29)28-13-5-10-24(28)9-4-12-27(14-11-24)23-22-19(8-15-31-22)25-17-26-23/h2-3,6-8,15,17H,4-5,9-14,16H2,1H3/t24-/m1/s1. The van der Waals surface area contributed by atoms with E-state index in [1.54, 1.807) is 17.7 Å². The summed E-state index contributed by atoms with van der Waals surface area (Å²) in [6.45, 7) is 4.82. The van der Waals surface area contributed by atoms with Crippen LogP contribution in [0.4, 0.5) is 5.82 Å². The number of amides is 1. The predicted octanol–water partition coefficient (Wildman–Crippen LogP) is 4.43. The Balaban J connectivity index is 1.29. The molecule has 2 aliphatic heterocycles. The van der Waals surface area contributed by atoms with E-state index >= 15 is 0 Å². The molecule has 5 rings (SSSR count). The van der Waals surface area contributed by atoms with Gasteiger partial charge < -0.3 is 14.5 Å². The lowest BCUT2D eigenvalue weighted by molar-refractivity contribution is -0.138. The molecule has 2 aliphatic rings. The van der Waals surface area contributed by atoms with Gasteiger partial charge in [0, 0.05) is 25.2 Å². The molecule has 0 radical (unpaired) electrons. The van der Waals surface area contributed by atoms with Gasteiger partial charge in [-0.2, -0.15) is 0 Å². The molecule has 162 valence electrons. The Bertz CT molecular complexity index is 1080. The van der Waals surface area contributed by atoms with Crippen molar-refractivity contribution in [3.63, 3.8) is 0 Å². The van der Waals surface area contributed by atoms with Crippen LogP contribution < -0.4 is 9.64 Å². The second kappa shape index (κ2) is 8.46. The van der Waals surface area contributed by atoms with Crippen molar-refractivity contribution in [2.24, 2.45) is 0 Å². The molecule has 1 atom stereocenters. The lowest BCUT2D eigenvalue weighted by atomic mass is 9.87. The molecule has 3 aromatic rings. The second-order valence-corrected chi connectivity index (χ2v) is 9.52. The number of nitrogens with zero attached hydrogens (tertiary/aromatic N) is 4. The molecule has 1 amide bonds. The number of carbonyl (C=O) groups is 1. The third kappa shape index (κ3) is 3.87. The molecule has 2 saturated heterocycles. The van der Waals surface area contributed by atoms with Gasteiger partial charge in [0.2, 0.25) is 0 Å². The van der Waals surface area contributed by atoms with Gasteiger partial charge in [-0.05, 0) is 62.1 Å². The van der Waals surface area contributed by atoms with Gasteiger partial charge in [0.1, 0.15) is 17.9 Å². The number of carbonyl (C=O) groups excluding carboxylic acids is 1. The highest BCUT2D eigenvalue weighted by Crippen LogP contribution is 2.40. The number of hydrogen-bond acceptors (Lipinski definition) is 6. The maximum Gasteiger partial charge on any atom is 0.260 e. The van der Waals surface area contributed by atoms with Gasteiger partial charge in [-0.15, -0.1) is 11.3 Å². The fourth-order valence-corrected chi connectivity index (χ4v) is 6.04. The Labute approximate surface area is 186 Å². The Morgan fingerprint density at radius 1 is 1.10 bits per heavy atom. The summed E-state index contributed by atoms with van der Waals surface area (Å²) in [5.41, 5.74) is 2.02. The highest BCUT2D eigenvalue weighted by Gasteiger charge is 2.44. The Hall–Kier alpha value is -2.67. The summed E-state index contributed by atoms with van der Waals surface area (Å²) in [7, 11) is 0. The number of aryl methyl sites for hydroxylation is 1. The van der Waals surface area contributed by atoms with Crippen molar-refractivity contribution < 1.29 is 9.53 Å². The number of para-hydroxylation sites is 1. The Morgan fingerprint density at radius 3 is 2.81 bits per heavy atom. The second-order valence-electron chi connectivity index (χ2n) is 8.60. The summed E-state index contributed by atoms with van der Waals surface area (Å²) in [5.74, 6) is 1.94. The molecule has 1 aromatic carbocycles. The molecular formula is C24H28N4O2S. The van der Waals surface area contributed by atoms with Crippen molar-refractivity contribution >= 4 is 33.3 Å². The van der Waals surface area contributed by atoms with Gasteiger partial charge >= 0.3 is 0 Å². The fourth-order valence-electron chi connectivity index (χ4n) is 5.18. The van der Waals surface area contributed by atoms with E-state index in [1.165, 1.54) is 0 Å². The third-order valence-corrected chi connectivity index (χ3v) is 7.68. The van der Waals surface area contributed by atoms with Gasteiger partial charge in [-0.3, -0.25) is 4.79 Å². The minimum absolute atomic E-state index is 0.0531. The number of aromatic nitrogens is 2. The van der Waals surface area contributed by atoms with Gasteiger partial charge in [-0.25, -0.2) is 9.97 Å². The summed E-state index contributed by atoms with van der Waals surface area (Å²) >= 11 is 1.70. The number of benzene rings is 1. The van der Waals surface area contributed by atoms with Gasteiger partial charge in [-0.1, -0.05) is 18.2 Å². The van der Waals surface area contributed by atoms with Crippen LogP contribution in [0.2, 0.25) is 0 Å². The molecule has 0 N–H and O–H groups in total. The molecular weight excluding hydrogens is 408 g/mol. The zero-order valence-corrected chi connectivity index (χ0v) is 18.7. The van der Waals surface area contributed by atoms with Crippen molar-refractivity contribution in [2.45, 2.75) is 44.6 Å². The molecule has 31 heavy (non-hydrogen) atoms. The van der Waals surface area contributed by atoms with Crippen molar-refractivity contribution in [1.29, 1.82) is 0 Å². The molecule has 0 bridgehead atoms. The number of hydrogen-bond donors (Lipinski definition) is 0. The zero-order valence-electron chi connectivity index (χ0n) is 17.9. The molecule has 4 heterocycles. The molecule has 2 aromatic heterocycles. The molecule has 2 fully saturated rings. The summed E-state index contributed by atoms with van der Waals surface area (Å²) in [6, 6.07) is 9.92. The predicted molar refractivity (Wildman–Crippen MR) is 124 cm³/mol. The van der Waals surface area contributed by atoms with E-state index in [0.717, 1.165) is 79.1 Å². The van der Waals surface area contributed by atoms with Gasteiger partial charge in [0.15, 0.2) is 6.61 Å². The van der Waals surface area contributed by atoms with E-state index in [1.807, 2.05) is 31.2 Å². The SMILES string of the molecule is Cc1ccccc1OCC(=O)N1CCC[C@@]12CCCN(c1ncnc3ccsc13)CC2. The lowest BCUT2D eigenvalue weighted by Gasteiger charge is -2.38. The molecule has 0 aliphatic carbocycles. The first-order chi connectivity index (χ1) is 15.2. The van der Waals surface area contributed by atoms with Gasteiger partial charge in [0.05, 0.1) is 10.2 Å². The average molecular weight is 437 g/mol. The maximum absolute atomic E-state index is 13.2. The number of anilines is 1. The van der Waals surface area contributed by atoms with Crippen LogP contribution in [0.1, 0.15) is 37.7 Å². The van der Waals surface area contributed by atoms with Crippen molar-refractivity contribution in [1.82, 2.24) is 14.9 Å². The largest absolute Gasteiger partial charge is 0.484 e. The lowest BCUT2D eigenvalue weighted by Crippen LogP contribution is -2.49. The molecule has 6 nitrogen and oxygen atoms in total. The Morgan fingerprint density at radius 2 is 1.94 bits per heavy atom. The van der Waals surface area contributed by atoms with Crippen molar-refractivity contribution in [2.75, 3.05) is 31.1 Å². The number of likely N-dealkylation sites (tertiary alicyclic amines) is 1. The minimum atomic E-state index is -0.0531. The topological polar surface area (TPSA) is 58.6 Å². The smallest absolute Gasteiger partial charge is 0.260 e. The monoisotopic (exact) mass is 436 g/mol. The number of rotatable bonds is 4. The first-order valence-electron chi connectivity index (χ1n) is 11.1. The fraction of sp³-hybridized carbons (Fsp3) is 0.458. The highest BCUT2D eigenvalue weighted by atomic mass is 32.1. The summed E-state index contributed by atoms with van der Waals surface area (Å²) in [4.78, 5) is 26.7. The van der Waals surface area contributed by atoms with Crippen molar-refractivity contribution in [3.05, 3.63) is 47.6 Å². The first-order valence-corrected chi connectivity index (χ1v) is 12.0. The van der Waals surface area contributed by atoms with E-state index in [2.05, 4.69) is 31.2 Å².